The first kappa shape index (κ1) is 19.5. The predicted molar refractivity (Wildman–Crippen MR) is 87.0 cm³/mol. The van der Waals surface area contributed by atoms with E-state index in [1.165, 1.54) is 6.92 Å². The number of carboxylic acid groups (broad SMARTS) is 1. The van der Waals surface area contributed by atoms with Gasteiger partial charge in [-0.1, -0.05) is 6.07 Å². The molecule has 0 heterocycles. The third-order valence-electron chi connectivity index (χ3n) is 2.99. The molecular formula is C17H23NO6. The highest BCUT2D eigenvalue weighted by Crippen LogP contribution is 2.19. The molecule has 1 aromatic carbocycles. The fraction of sp³-hybridized carbons (Fsp3) is 0.471. The molecule has 0 radical (unpaired) electrons. The number of nitrogens with one attached hydrogen (secondary N) is 1. The number of carbonyl (C=O) groups is 3. The lowest BCUT2D eigenvalue weighted by molar-refractivity contribution is -0.139. The molecule has 0 aliphatic rings. The lowest BCUT2D eigenvalue weighted by Gasteiger charge is -2.22. The molecule has 24 heavy (non-hydrogen) atoms. The number of benzene rings is 1. The average Bonchev–Trinajstić information content (AvgIpc) is 2.37. The molecule has 1 atom stereocenters. The summed E-state index contributed by atoms with van der Waals surface area (Å²) in [5.74, 6) is -1.21. The van der Waals surface area contributed by atoms with Crippen LogP contribution in [0, 0.1) is 6.92 Å². The van der Waals surface area contributed by atoms with Crippen LogP contribution in [0.25, 0.3) is 0 Å². The van der Waals surface area contributed by atoms with Crippen LogP contribution in [0.15, 0.2) is 18.2 Å². The molecule has 0 aromatic heterocycles. The van der Waals surface area contributed by atoms with Crippen LogP contribution in [0.1, 0.15) is 38.8 Å². The summed E-state index contributed by atoms with van der Waals surface area (Å²) in [5, 5.41) is 11.7. The standard InChI is InChI=1S/C17H23NO6/c1-10-8-13(23-11(2)19)7-6-12(10)9-14(15(20)21)18-16(22)24-17(3,4)5/h6-8,14H,9H2,1-5H3,(H,18,22)(H,20,21). The molecule has 1 rings (SSSR count). The molecule has 0 aliphatic carbocycles. The Morgan fingerprint density at radius 2 is 1.88 bits per heavy atom. The Hall–Kier alpha value is -2.57. The molecule has 1 unspecified atom stereocenters. The maximum Gasteiger partial charge on any atom is 0.408 e. The molecule has 7 nitrogen and oxygen atoms in total. The van der Waals surface area contributed by atoms with Gasteiger partial charge in [0.15, 0.2) is 0 Å². The van der Waals surface area contributed by atoms with Gasteiger partial charge in [0.1, 0.15) is 17.4 Å². The van der Waals surface area contributed by atoms with Crippen LogP contribution in [0.3, 0.4) is 0 Å². The van der Waals surface area contributed by atoms with Crippen LogP contribution in [0.2, 0.25) is 0 Å². The molecule has 0 saturated heterocycles. The Labute approximate surface area is 141 Å². The molecule has 1 aromatic rings. The van der Waals surface area contributed by atoms with Crippen molar-refractivity contribution in [1.82, 2.24) is 5.32 Å². The van der Waals surface area contributed by atoms with E-state index in [4.69, 9.17) is 9.47 Å². The van der Waals surface area contributed by atoms with Gasteiger partial charge in [-0.25, -0.2) is 9.59 Å². The van der Waals surface area contributed by atoms with Crippen molar-refractivity contribution in [2.75, 3.05) is 0 Å². The highest BCUT2D eigenvalue weighted by atomic mass is 16.6. The average molecular weight is 337 g/mol. The van der Waals surface area contributed by atoms with Crippen molar-refractivity contribution in [2.24, 2.45) is 0 Å². The Morgan fingerprint density at radius 3 is 2.33 bits per heavy atom. The number of amides is 1. The van der Waals surface area contributed by atoms with E-state index in [-0.39, 0.29) is 6.42 Å². The van der Waals surface area contributed by atoms with Gasteiger partial charge in [0.25, 0.3) is 0 Å². The maximum absolute atomic E-state index is 11.8. The second-order valence-corrected chi connectivity index (χ2v) is 6.42. The summed E-state index contributed by atoms with van der Waals surface area (Å²) in [5.41, 5.74) is 0.759. The van der Waals surface area contributed by atoms with Gasteiger partial charge >= 0.3 is 18.0 Å². The molecule has 7 heteroatoms. The molecule has 0 spiro atoms. The topological polar surface area (TPSA) is 102 Å². The number of aryl methyl sites for hydroxylation is 1. The monoisotopic (exact) mass is 337 g/mol. The zero-order valence-corrected chi connectivity index (χ0v) is 14.5. The number of ether oxygens (including phenoxy) is 2. The molecule has 0 aliphatic heterocycles. The zero-order valence-electron chi connectivity index (χ0n) is 14.5. The van der Waals surface area contributed by atoms with Gasteiger partial charge in [-0.15, -0.1) is 0 Å². The molecule has 0 bridgehead atoms. The van der Waals surface area contributed by atoms with Crippen molar-refractivity contribution in [2.45, 2.75) is 52.7 Å². The number of esters is 1. The van der Waals surface area contributed by atoms with E-state index < -0.39 is 29.7 Å². The van der Waals surface area contributed by atoms with Gasteiger partial charge in [0.2, 0.25) is 0 Å². The quantitative estimate of drug-likeness (QED) is 0.632. The van der Waals surface area contributed by atoms with Crippen LogP contribution in [-0.2, 0) is 20.7 Å². The Morgan fingerprint density at radius 1 is 1.25 bits per heavy atom. The van der Waals surface area contributed by atoms with Crippen LogP contribution in [-0.4, -0.2) is 34.8 Å². The van der Waals surface area contributed by atoms with Crippen LogP contribution < -0.4 is 10.1 Å². The van der Waals surface area contributed by atoms with Crippen molar-refractivity contribution < 1.29 is 29.0 Å². The molecular weight excluding hydrogens is 314 g/mol. The van der Waals surface area contributed by atoms with E-state index in [9.17, 15) is 19.5 Å². The zero-order chi connectivity index (χ0) is 18.5. The second kappa shape index (κ2) is 7.81. The first-order valence-corrected chi connectivity index (χ1v) is 7.48. The number of hydrogen-bond donors (Lipinski definition) is 2. The van der Waals surface area contributed by atoms with E-state index in [0.29, 0.717) is 5.75 Å². The maximum atomic E-state index is 11.8. The molecule has 0 fully saturated rings. The normalized spacial score (nSPS) is 12.2. The minimum Gasteiger partial charge on any atom is -0.480 e. The molecule has 1 amide bonds. The third kappa shape index (κ3) is 6.68. The minimum atomic E-state index is -1.16. The number of aliphatic carboxylic acids is 1. The second-order valence-electron chi connectivity index (χ2n) is 6.42. The number of carboxylic acids is 1. The number of rotatable bonds is 5. The van der Waals surface area contributed by atoms with Crippen LogP contribution in [0.5, 0.6) is 5.75 Å². The summed E-state index contributed by atoms with van der Waals surface area (Å²) < 4.78 is 10.1. The van der Waals surface area contributed by atoms with Gasteiger partial charge < -0.3 is 19.9 Å². The lowest BCUT2D eigenvalue weighted by Crippen LogP contribution is -2.44. The first-order chi connectivity index (χ1) is 11.0. The Kier molecular flexibility index (Phi) is 6.34. The lowest BCUT2D eigenvalue weighted by atomic mass is 10.0. The summed E-state index contributed by atoms with van der Waals surface area (Å²) in [6, 6.07) is 3.76. The highest BCUT2D eigenvalue weighted by Gasteiger charge is 2.24. The fourth-order valence-electron chi connectivity index (χ4n) is 2.00. The van der Waals surface area contributed by atoms with Crippen LogP contribution in [0.4, 0.5) is 4.79 Å². The molecule has 0 saturated carbocycles. The SMILES string of the molecule is CC(=O)Oc1ccc(CC(NC(=O)OC(C)(C)C)C(=O)O)c(C)c1. The Bertz CT molecular complexity index is 632. The third-order valence-corrected chi connectivity index (χ3v) is 2.99. The summed E-state index contributed by atoms with van der Waals surface area (Å²) >= 11 is 0. The van der Waals surface area contributed by atoms with Crippen molar-refractivity contribution in [3.8, 4) is 5.75 Å². The number of carbonyl (C=O) groups excluding carboxylic acids is 2. The van der Waals surface area contributed by atoms with Crippen molar-refractivity contribution >= 4 is 18.0 Å². The van der Waals surface area contributed by atoms with E-state index in [1.54, 1.807) is 45.9 Å². The van der Waals surface area contributed by atoms with Crippen molar-refractivity contribution in [3.63, 3.8) is 0 Å². The number of alkyl carbamates (subject to hydrolysis) is 1. The summed E-state index contributed by atoms with van der Waals surface area (Å²) in [7, 11) is 0. The predicted octanol–water partition coefficient (Wildman–Crippen LogP) is 2.44. The summed E-state index contributed by atoms with van der Waals surface area (Å²) in [6.07, 6.45) is -0.704. The van der Waals surface area contributed by atoms with Crippen molar-refractivity contribution in [1.29, 1.82) is 0 Å². The van der Waals surface area contributed by atoms with E-state index in [0.717, 1.165) is 11.1 Å². The Balaban J connectivity index is 2.84. The summed E-state index contributed by atoms with van der Waals surface area (Å²) in [6.45, 7) is 8.16. The van der Waals surface area contributed by atoms with E-state index in [1.807, 2.05) is 0 Å². The van der Waals surface area contributed by atoms with Gasteiger partial charge in [-0.05, 0) is 51.0 Å². The van der Waals surface area contributed by atoms with Crippen molar-refractivity contribution in [3.05, 3.63) is 29.3 Å². The van der Waals surface area contributed by atoms with Gasteiger partial charge in [0.05, 0.1) is 0 Å². The minimum absolute atomic E-state index is 0.0841. The highest BCUT2D eigenvalue weighted by molar-refractivity contribution is 5.80. The van der Waals surface area contributed by atoms with Gasteiger partial charge in [-0.2, -0.15) is 0 Å². The fourth-order valence-corrected chi connectivity index (χ4v) is 2.00. The van der Waals surface area contributed by atoms with Gasteiger partial charge in [-0.3, -0.25) is 4.79 Å². The first-order valence-electron chi connectivity index (χ1n) is 7.48. The van der Waals surface area contributed by atoms with Gasteiger partial charge in [0, 0.05) is 13.3 Å². The number of hydrogen-bond acceptors (Lipinski definition) is 5. The smallest absolute Gasteiger partial charge is 0.408 e. The summed E-state index contributed by atoms with van der Waals surface area (Å²) in [4.78, 5) is 34.1. The van der Waals surface area contributed by atoms with E-state index in [2.05, 4.69) is 5.32 Å². The largest absolute Gasteiger partial charge is 0.480 e. The van der Waals surface area contributed by atoms with E-state index >= 15 is 0 Å². The van der Waals surface area contributed by atoms with Crippen LogP contribution >= 0.6 is 0 Å². The molecule has 2 N–H and O–H groups in total. The molecule has 132 valence electrons.